The molecule has 0 radical (unpaired) electrons. The van der Waals surface area contributed by atoms with Crippen LogP contribution in [0.2, 0.25) is 0 Å². The number of benzene rings is 1. The minimum atomic E-state index is -0.0961. The van der Waals surface area contributed by atoms with Gasteiger partial charge in [0.2, 0.25) is 5.91 Å². The average Bonchev–Trinajstić information content (AvgIpc) is 2.54. The fourth-order valence-corrected chi connectivity index (χ4v) is 2.12. The molecule has 1 aliphatic heterocycles. The van der Waals surface area contributed by atoms with Gasteiger partial charge >= 0.3 is 0 Å². The first-order valence-corrected chi connectivity index (χ1v) is 7.64. The Bertz CT molecular complexity index is 568. The first-order valence-electron chi connectivity index (χ1n) is 7.64. The predicted molar refractivity (Wildman–Crippen MR) is 95.1 cm³/mol. The standard InChI is InChI=1S/C17H23N3O2.ClH/c1-12(2)16(21)20-15-5-3-14(4-6-15)17(22)19-11-13-7-9-18-10-8-13;/h3-7,12,18H,8-11H2,1-2H3,(H,19,22)(H,20,21);1H. The lowest BCUT2D eigenvalue weighted by atomic mass is 10.1. The van der Waals surface area contributed by atoms with Gasteiger partial charge in [0.05, 0.1) is 0 Å². The van der Waals surface area contributed by atoms with E-state index in [0.29, 0.717) is 17.8 Å². The van der Waals surface area contributed by atoms with Crippen molar-refractivity contribution in [2.45, 2.75) is 20.3 Å². The Hall–Kier alpha value is -1.85. The Balaban J connectivity index is 0.00000264. The lowest BCUT2D eigenvalue weighted by Gasteiger charge is -2.14. The smallest absolute Gasteiger partial charge is 0.251 e. The lowest BCUT2D eigenvalue weighted by Crippen LogP contribution is -2.29. The van der Waals surface area contributed by atoms with E-state index in [1.54, 1.807) is 24.3 Å². The van der Waals surface area contributed by atoms with Crippen molar-refractivity contribution in [2.75, 3.05) is 25.0 Å². The van der Waals surface area contributed by atoms with E-state index >= 15 is 0 Å². The Labute approximate surface area is 143 Å². The lowest BCUT2D eigenvalue weighted by molar-refractivity contribution is -0.118. The summed E-state index contributed by atoms with van der Waals surface area (Å²) in [5, 5.41) is 8.97. The summed E-state index contributed by atoms with van der Waals surface area (Å²) >= 11 is 0. The van der Waals surface area contributed by atoms with E-state index in [1.807, 2.05) is 13.8 Å². The first-order chi connectivity index (χ1) is 10.6. The molecule has 0 saturated carbocycles. The fraction of sp³-hybridized carbons (Fsp3) is 0.412. The summed E-state index contributed by atoms with van der Waals surface area (Å²) in [4.78, 5) is 23.7. The van der Waals surface area contributed by atoms with Gasteiger partial charge in [-0.15, -0.1) is 12.4 Å². The highest BCUT2D eigenvalue weighted by molar-refractivity contribution is 5.96. The highest BCUT2D eigenvalue weighted by Gasteiger charge is 2.10. The Morgan fingerprint density at radius 2 is 1.91 bits per heavy atom. The zero-order valence-corrected chi connectivity index (χ0v) is 14.3. The number of anilines is 1. The molecule has 0 aliphatic carbocycles. The molecule has 6 heteroatoms. The number of rotatable bonds is 5. The van der Waals surface area contributed by atoms with Gasteiger partial charge in [-0.2, -0.15) is 0 Å². The molecule has 0 bridgehead atoms. The van der Waals surface area contributed by atoms with Crippen LogP contribution in [-0.4, -0.2) is 31.4 Å². The summed E-state index contributed by atoms with van der Waals surface area (Å²) in [6.07, 6.45) is 3.09. The van der Waals surface area contributed by atoms with Crippen LogP contribution in [0.5, 0.6) is 0 Å². The minimum absolute atomic E-state index is 0. The van der Waals surface area contributed by atoms with Crippen LogP contribution in [-0.2, 0) is 4.79 Å². The van der Waals surface area contributed by atoms with Crippen LogP contribution in [0.1, 0.15) is 30.6 Å². The van der Waals surface area contributed by atoms with Crippen LogP contribution >= 0.6 is 12.4 Å². The van der Waals surface area contributed by atoms with E-state index in [0.717, 1.165) is 19.5 Å². The van der Waals surface area contributed by atoms with Crippen molar-refractivity contribution in [3.05, 3.63) is 41.5 Å². The van der Waals surface area contributed by atoms with Gasteiger partial charge in [0.1, 0.15) is 0 Å². The number of carbonyl (C=O) groups excluding carboxylic acids is 2. The topological polar surface area (TPSA) is 70.2 Å². The van der Waals surface area contributed by atoms with Crippen molar-refractivity contribution in [3.8, 4) is 0 Å². The summed E-state index contributed by atoms with van der Waals surface area (Å²) in [5.74, 6) is -0.197. The van der Waals surface area contributed by atoms with Crippen LogP contribution < -0.4 is 16.0 Å². The van der Waals surface area contributed by atoms with E-state index in [-0.39, 0.29) is 30.1 Å². The normalized spacial score (nSPS) is 13.8. The van der Waals surface area contributed by atoms with Crippen LogP contribution in [0.15, 0.2) is 35.9 Å². The molecule has 2 amide bonds. The highest BCUT2D eigenvalue weighted by atomic mass is 35.5. The average molecular weight is 338 g/mol. The molecule has 2 rings (SSSR count). The predicted octanol–water partition coefficient (Wildman–Crippen LogP) is 2.35. The number of hydrogen-bond acceptors (Lipinski definition) is 3. The zero-order chi connectivity index (χ0) is 15.9. The molecule has 1 heterocycles. The second-order valence-electron chi connectivity index (χ2n) is 5.72. The van der Waals surface area contributed by atoms with Crippen LogP contribution in [0.25, 0.3) is 0 Å². The maximum Gasteiger partial charge on any atom is 0.251 e. The van der Waals surface area contributed by atoms with Crippen molar-refractivity contribution in [1.29, 1.82) is 0 Å². The van der Waals surface area contributed by atoms with Gasteiger partial charge in [0.25, 0.3) is 5.91 Å². The van der Waals surface area contributed by atoms with Gasteiger partial charge < -0.3 is 16.0 Å². The zero-order valence-electron chi connectivity index (χ0n) is 13.5. The van der Waals surface area contributed by atoms with Crippen molar-refractivity contribution in [3.63, 3.8) is 0 Å². The van der Waals surface area contributed by atoms with Gasteiger partial charge in [-0.1, -0.05) is 25.5 Å². The summed E-state index contributed by atoms with van der Waals surface area (Å²) in [7, 11) is 0. The SMILES string of the molecule is CC(C)C(=O)Nc1ccc(C(=O)NCC2=CCNCC2)cc1.Cl. The van der Waals surface area contributed by atoms with Crippen molar-refractivity contribution in [2.24, 2.45) is 5.92 Å². The summed E-state index contributed by atoms with van der Waals surface area (Å²) in [6, 6.07) is 6.95. The van der Waals surface area contributed by atoms with Gasteiger partial charge in [-0.25, -0.2) is 0 Å². The molecule has 0 fully saturated rings. The summed E-state index contributed by atoms with van der Waals surface area (Å²) < 4.78 is 0. The van der Waals surface area contributed by atoms with E-state index in [9.17, 15) is 9.59 Å². The minimum Gasteiger partial charge on any atom is -0.348 e. The Morgan fingerprint density at radius 1 is 1.22 bits per heavy atom. The Morgan fingerprint density at radius 3 is 2.48 bits per heavy atom. The van der Waals surface area contributed by atoms with Crippen LogP contribution in [0.3, 0.4) is 0 Å². The second-order valence-corrected chi connectivity index (χ2v) is 5.72. The quantitative estimate of drug-likeness (QED) is 0.722. The van der Waals surface area contributed by atoms with Gasteiger partial charge in [-0.3, -0.25) is 9.59 Å². The molecule has 1 aromatic carbocycles. The van der Waals surface area contributed by atoms with Crippen LogP contribution in [0, 0.1) is 5.92 Å². The molecule has 23 heavy (non-hydrogen) atoms. The molecule has 0 unspecified atom stereocenters. The third kappa shape index (κ3) is 6.04. The van der Waals surface area contributed by atoms with Crippen LogP contribution in [0.4, 0.5) is 5.69 Å². The van der Waals surface area contributed by atoms with Gasteiger partial charge in [0.15, 0.2) is 0 Å². The number of hydrogen-bond donors (Lipinski definition) is 3. The van der Waals surface area contributed by atoms with E-state index < -0.39 is 0 Å². The molecule has 0 spiro atoms. The molecule has 3 N–H and O–H groups in total. The molecule has 126 valence electrons. The first kappa shape index (κ1) is 19.2. The second kappa shape index (κ2) is 9.33. The summed E-state index contributed by atoms with van der Waals surface area (Å²) in [6.45, 7) is 6.10. The number of nitrogens with one attached hydrogen (secondary N) is 3. The van der Waals surface area contributed by atoms with E-state index in [1.165, 1.54) is 5.57 Å². The maximum atomic E-state index is 12.1. The molecule has 1 aromatic rings. The highest BCUT2D eigenvalue weighted by Crippen LogP contribution is 2.11. The summed E-state index contributed by atoms with van der Waals surface area (Å²) in [5.41, 5.74) is 2.56. The fourth-order valence-electron chi connectivity index (χ4n) is 2.12. The maximum absolute atomic E-state index is 12.1. The number of amides is 2. The van der Waals surface area contributed by atoms with E-state index in [4.69, 9.17) is 0 Å². The molecule has 0 atom stereocenters. The van der Waals surface area contributed by atoms with Crippen molar-refractivity contribution in [1.82, 2.24) is 10.6 Å². The van der Waals surface area contributed by atoms with Crippen molar-refractivity contribution < 1.29 is 9.59 Å². The van der Waals surface area contributed by atoms with Gasteiger partial charge in [-0.05, 0) is 37.2 Å². The molecular weight excluding hydrogens is 314 g/mol. The molecular formula is C17H24ClN3O2. The third-order valence-corrected chi connectivity index (χ3v) is 3.57. The van der Waals surface area contributed by atoms with E-state index in [2.05, 4.69) is 22.0 Å². The molecule has 0 aromatic heterocycles. The molecule has 5 nitrogen and oxygen atoms in total. The Kier molecular flexibility index (Phi) is 7.78. The molecule has 0 saturated heterocycles. The van der Waals surface area contributed by atoms with Crippen molar-refractivity contribution >= 4 is 29.9 Å². The third-order valence-electron chi connectivity index (χ3n) is 3.57. The monoisotopic (exact) mass is 337 g/mol. The number of carbonyl (C=O) groups is 2. The molecule has 1 aliphatic rings. The largest absolute Gasteiger partial charge is 0.348 e. The van der Waals surface area contributed by atoms with Gasteiger partial charge in [0, 0.05) is 30.3 Å². The number of halogens is 1.